The van der Waals surface area contributed by atoms with E-state index in [4.69, 9.17) is 0 Å². The van der Waals surface area contributed by atoms with Crippen molar-refractivity contribution in [1.29, 1.82) is 0 Å². The molecule has 1 aliphatic rings. The highest BCUT2D eigenvalue weighted by atomic mass is 79.9. The Morgan fingerprint density at radius 1 is 1.42 bits per heavy atom. The van der Waals surface area contributed by atoms with Crippen molar-refractivity contribution in [1.82, 2.24) is 25.4 Å². The molecule has 1 saturated heterocycles. The number of hydrogen-bond acceptors (Lipinski definition) is 6. The molecule has 0 unspecified atom stereocenters. The van der Waals surface area contributed by atoms with Gasteiger partial charge in [0.05, 0.1) is 17.2 Å². The number of halogens is 1. The van der Waals surface area contributed by atoms with Crippen LogP contribution in [-0.2, 0) is 5.60 Å². The lowest BCUT2D eigenvalue weighted by Crippen LogP contribution is -2.47. The Labute approximate surface area is 118 Å². The molecule has 2 aromatic rings. The molecule has 8 heteroatoms. The zero-order chi connectivity index (χ0) is 13.3. The van der Waals surface area contributed by atoms with Gasteiger partial charge in [0.1, 0.15) is 23.4 Å². The first kappa shape index (κ1) is 12.5. The predicted molar refractivity (Wildman–Crippen MR) is 71.5 cm³/mol. The van der Waals surface area contributed by atoms with Gasteiger partial charge in [-0.3, -0.25) is 0 Å². The third-order valence-corrected chi connectivity index (χ3v) is 3.87. The van der Waals surface area contributed by atoms with Crippen molar-refractivity contribution in [3.8, 4) is 0 Å². The molecule has 2 N–H and O–H groups in total. The average molecular weight is 325 g/mol. The van der Waals surface area contributed by atoms with Gasteiger partial charge < -0.3 is 10.0 Å². The number of rotatable bonds is 2. The highest BCUT2D eigenvalue weighted by molar-refractivity contribution is 9.10. The van der Waals surface area contributed by atoms with Gasteiger partial charge in [-0.2, -0.15) is 15.4 Å². The van der Waals surface area contributed by atoms with E-state index >= 15 is 0 Å². The molecule has 0 aromatic carbocycles. The summed E-state index contributed by atoms with van der Waals surface area (Å²) in [5.41, 5.74) is -0.419. The molecule has 1 atom stereocenters. The highest BCUT2D eigenvalue weighted by Gasteiger charge is 2.38. The van der Waals surface area contributed by atoms with Crippen LogP contribution in [0.25, 0.3) is 0 Å². The molecule has 1 aliphatic heterocycles. The van der Waals surface area contributed by atoms with Crippen molar-refractivity contribution in [3.05, 3.63) is 28.9 Å². The first-order valence-electron chi connectivity index (χ1n) is 5.98. The molecule has 3 heterocycles. The molecule has 19 heavy (non-hydrogen) atoms. The summed E-state index contributed by atoms with van der Waals surface area (Å²) in [5.74, 6) is 0.789. The van der Waals surface area contributed by atoms with Gasteiger partial charge in [-0.1, -0.05) is 0 Å². The van der Waals surface area contributed by atoms with E-state index in [1.165, 1.54) is 6.33 Å². The summed E-state index contributed by atoms with van der Waals surface area (Å²) < 4.78 is 0.819. The molecule has 2 aromatic heterocycles. The van der Waals surface area contributed by atoms with E-state index in [1.54, 1.807) is 12.4 Å². The first-order valence-corrected chi connectivity index (χ1v) is 6.77. The summed E-state index contributed by atoms with van der Waals surface area (Å²) in [7, 11) is 0. The fraction of sp³-hybridized carbons (Fsp3) is 0.455. The fourth-order valence-electron chi connectivity index (χ4n) is 2.39. The lowest BCUT2D eigenvalue weighted by Gasteiger charge is -2.38. The Morgan fingerprint density at radius 2 is 2.32 bits per heavy atom. The molecule has 0 bridgehead atoms. The Hall–Kier alpha value is -1.54. The van der Waals surface area contributed by atoms with Crippen LogP contribution in [0.5, 0.6) is 0 Å². The van der Waals surface area contributed by atoms with Crippen LogP contribution in [0.4, 0.5) is 5.82 Å². The maximum absolute atomic E-state index is 10.7. The summed E-state index contributed by atoms with van der Waals surface area (Å²) in [6, 6.07) is 0. The van der Waals surface area contributed by atoms with Crippen LogP contribution in [0.2, 0.25) is 0 Å². The van der Waals surface area contributed by atoms with Crippen molar-refractivity contribution in [2.24, 2.45) is 0 Å². The van der Waals surface area contributed by atoms with E-state index in [-0.39, 0.29) is 0 Å². The van der Waals surface area contributed by atoms with Crippen LogP contribution in [-0.4, -0.2) is 43.6 Å². The fourth-order valence-corrected chi connectivity index (χ4v) is 2.86. The minimum atomic E-state index is -0.990. The molecule has 0 amide bonds. The maximum atomic E-state index is 10.7. The minimum absolute atomic E-state index is 0.440. The molecule has 0 saturated carbocycles. The quantitative estimate of drug-likeness (QED) is 0.850. The first-order chi connectivity index (χ1) is 9.19. The van der Waals surface area contributed by atoms with E-state index < -0.39 is 5.60 Å². The van der Waals surface area contributed by atoms with Gasteiger partial charge >= 0.3 is 0 Å². The second kappa shape index (κ2) is 4.86. The zero-order valence-corrected chi connectivity index (χ0v) is 11.7. The Bertz CT molecular complexity index is 562. The van der Waals surface area contributed by atoms with Gasteiger partial charge in [0.2, 0.25) is 0 Å². The molecule has 0 spiro atoms. The van der Waals surface area contributed by atoms with Gasteiger partial charge in [0.15, 0.2) is 0 Å². The molecule has 0 radical (unpaired) electrons. The lowest BCUT2D eigenvalue weighted by atomic mass is 9.90. The van der Waals surface area contributed by atoms with Crippen LogP contribution < -0.4 is 4.90 Å². The van der Waals surface area contributed by atoms with Gasteiger partial charge in [-0.25, -0.2) is 9.97 Å². The number of nitrogens with zero attached hydrogens (tertiary/aromatic N) is 5. The third kappa shape index (κ3) is 2.33. The van der Waals surface area contributed by atoms with Gasteiger partial charge in [0.25, 0.3) is 0 Å². The van der Waals surface area contributed by atoms with Gasteiger partial charge in [-0.05, 0) is 28.8 Å². The summed E-state index contributed by atoms with van der Waals surface area (Å²) >= 11 is 3.44. The van der Waals surface area contributed by atoms with E-state index in [9.17, 15) is 5.11 Å². The minimum Gasteiger partial charge on any atom is -0.382 e. The Kier molecular flexibility index (Phi) is 3.19. The Morgan fingerprint density at radius 3 is 3.05 bits per heavy atom. The van der Waals surface area contributed by atoms with Crippen LogP contribution >= 0.6 is 15.9 Å². The van der Waals surface area contributed by atoms with Crippen molar-refractivity contribution >= 4 is 21.7 Å². The second-order valence-corrected chi connectivity index (χ2v) is 5.46. The number of anilines is 1. The largest absolute Gasteiger partial charge is 0.382 e. The number of aromatic amines is 1. The lowest BCUT2D eigenvalue weighted by molar-refractivity contribution is 0.0174. The molecular formula is C11H13BrN6O. The topological polar surface area (TPSA) is 90.8 Å². The molecular weight excluding hydrogens is 312 g/mol. The summed E-state index contributed by atoms with van der Waals surface area (Å²) in [6.45, 7) is 1.28. The van der Waals surface area contributed by atoms with Gasteiger partial charge in [-0.15, -0.1) is 0 Å². The van der Waals surface area contributed by atoms with Crippen LogP contribution in [0.15, 0.2) is 23.2 Å². The Balaban J connectivity index is 1.88. The zero-order valence-electron chi connectivity index (χ0n) is 10.1. The van der Waals surface area contributed by atoms with E-state index in [1.807, 2.05) is 4.90 Å². The summed E-state index contributed by atoms with van der Waals surface area (Å²) in [4.78, 5) is 10.2. The number of aromatic nitrogens is 5. The average Bonchev–Trinajstić information content (AvgIpc) is 2.94. The number of β-amino-alcohol motifs (C(OH)–C–C–N with tert-alkyl or cyclic N) is 1. The molecule has 3 rings (SSSR count). The smallest absolute Gasteiger partial charge is 0.146 e. The van der Waals surface area contributed by atoms with Crippen molar-refractivity contribution < 1.29 is 5.11 Å². The molecule has 1 fully saturated rings. The summed E-state index contributed by atoms with van der Waals surface area (Å²) in [6.07, 6.45) is 6.30. The second-order valence-electron chi connectivity index (χ2n) is 4.61. The molecule has 100 valence electrons. The van der Waals surface area contributed by atoms with Gasteiger partial charge in [0, 0.05) is 12.7 Å². The predicted octanol–water partition coefficient (Wildman–Crippen LogP) is 0.845. The number of hydrogen-bond donors (Lipinski definition) is 2. The van der Waals surface area contributed by atoms with Crippen molar-refractivity contribution in [3.63, 3.8) is 0 Å². The number of piperidine rings is 1. The highest BCUT2D eigenvalue weighted by Crippen LogP contribution is 2.33. The summed E-state index contributed by atoms with van der Waals surface area (Å²) in [5, 5.41) is 21.0. The van der Waals surface area contributed by atoms with Crippen LogP contribution in [0.3, 0.4) is 0 Å². The van der Waals surface area contributed by atoms with Crippen LogP contribution in [0.1, 0.15) is 18.5 Å². The van der Waals surface area contributed by atoms with Crippen molar-refractivity contribution in [2.45, 2.75) is 18.4 Å². The van der Waals surface area contributed by atoms with Crippen LogP contribution in [0, 0.1) is 0 Å². The van der Waals surface area contributed by atoms with Crippen molar-refractivity contribution in [2.75, 3.05) is 18.0 Å². The maximum Gasteiger partial charge on any atom is 0.146 e. The standard InChI is InChI=1S/C11H13BrN6O/c12-8-4-13-7-14-10(8)18-3-1-2-11(19,6-18)9-5-15-17-16-9/h4-5,7,19H,1-3,6H2,(H,15,16,17)/t11-/m0/s1. The van der Waals surface area contributed by atoms with E-state index in [0.717, 1.165) is 23.3 Å². The molecule has 7 nitrogen and oxygen atoms in total. The van der Waals surface area contributed by atoms with E-state index in [0.29, 0.717) is 18.7 Å². The SMILES string of the molecule is O[C@@]1(c2cn[nH]n2)CCCN(c2ncncc2Br)C1. The molecule has 0 aliphatic carbocycles. The number of nitrogens with one attached hydrogen (secondary N) is 1. The number of aliphatic hydroxyl groups is 1. The number of H-pyrrole nitrogens is 1. The monoisotopic (exact) mass is 324 g/mol. The normalized spacial score (nSPS) is 23.6. The van der Waals surface area contributed by atoms with E-state index in [2.05, 4.69) is 41.3 Å². The third-order valence-electron chi connectivity index (χ3n) is 3.31.